The number of nitrogens with two attached hydrogens (primary N) is 1. The molecule has 1 heterocycles. The molecule has 0 aliphatic heterocycles. The smallest absolute Gasteiger partial charge is 0.331 e. The summed E-state index contributed by atoms with van der Waals surface area (Å²) < 4.78 is 15.3. The first-order chi connectivity index (χ1) is 8.90. The maximum absolute atomic E-state index is 13.0. The number of benzene rings is 1. The lowest BCUT2D eigenvalue weighted by Gasteiger charge is -2.10. The van der Waals surface area contributed by atoms with Gasteiger partial charge in [0, 0.05) is 13.2 Å². The average molecular weight is 263 g/mol. The van der Waals surface area contributed by atoms with Crippen molar-refractivity contribution in [1.29, 1.82) is 0 Å². The molecule has 1 aromatic carbocycles. The van der Waals surface area contributed by atoms with E-state index in [0.29, 0.717) is 11.1 Å². The zero-order chi connectivity index (χ0) is 14.2. The third kappa shape index (κ3) is 2.42. The molecule has 19 heavy (non-hydrogen) atoms. The van der Waals surface area contributed by atoms with Gasteiger partial charge in [0.2, 0.25) is 0 Å². The first-order valence-corrected chi connectivity index (χ1v) is 5.71. The largest absolute Gasteiger partial charge is 0.393 e. The third-order valence-corrected chi connectivity index (χ3v) is 2.99. The number of nitrogens with zero attached hydrogens (tertiary/aromatic N) is 2. The zero-order valence-corrected chi connectivity index (χ0v) is 10.7. The van der Waals surface area contributed by atoms with E-state index >= 15 is 0 Å². The molecule has 0 radical (unpaired) electrons. The van der Waals surface area contributed by atoms with E-state index in [-0.39, 0.29) is 18.0 Å². The second kappa shape index (κ2) is 4.72. The molecule has 2 N–H and O–H groups in total. The van der Waals surface area contributed by atoms with Crippen LogP contribution in [0.5, 0.6) is 0 Å². The van der Waals surface area contributed by atoms with Gasteiger partial charge in [0.1, 0.15) is 11.5 Å². The molecule has 2 rings (SSSR count). The Kier molecular flexibility index (Phi) is 3.25. The fourth-order valence-corrected chi connectivity index (χ4v) is 1.90. The van der Waals surface area contributed by atoms with Crippen molar-refractivity contribution >= 4 is 5.69 Å². The fourth-order valence-electron chi connectivity index (χ4n) is 1.90. The number of hydrogen-bond acceptors (Lipinski definition) is 3. The number of hydrogen-bond donors (Lipinski definition) is 1. The third-order valence-electron chi connectivity index (χ3n) is 2.99. The number of halogens is 1. The van der Waals surface area contributed by atoms with Crippen LogP contribution in [0.25, 0.3) is 0 Å². The van der Waals surface area contributed by atoms with Gasteiger partial charge in [0.25, 0.3) is 5.56 Å². The molecule has 1 aromatic heterocycles. The van der Waals surface area contributed by atoms with Crippen molar-refractivity contribution in [3.63, 3.8) is 0 Å². The van der Waals surface area contributed by atoms with Crippen LogP contribution in [0.4, 0.5) is 10.1 Å². The Morgan fingerprint density at radius 1 is 1.32 bits per heavy atom. The van der Waals surface area contributed by atoms with Gasteiger partial charge in [-0.2, -0.15) is 0 Å². The maximum Gasteiger partial charge on any atom is 0.331 e. The van der Waals surface area contributed by atoms with Gasteiger partial charge >= 0.3 is 5.69 Å². The van der Waals surface area contributed by atoms with Crippen molar-refractivity contribution in [2.75, 3.05) is 5.73 Å². The van der Waals surface area contributed by atoms with Gasteiger partial charge in [0.15, 0.2) is 0 Å². The van der Waals surface area contributed by atoms with Crippen LogP contribution in [0, 0.1) is 12.7 Å². The second-order valence-electron chi connectivity index (χ2n) is 4.44. The Morgan fingerprint density at radius 2 is 2.00 bits per heavy atom. The summed E-state index contributed by atoms with van der Waals surface area (Å²) in [6, 6.07) is 4.21. The van der Waals surface area contributed by atoms with E-state index in [1.54, 1.807) is 13.0 Å². The van der Waals surface area contributed by atoms with Crippen molar-refractivity contribution in [1.82, 2.24) is 9.13 Å². The Morgan fingerprint density at radius 3 is 2.63 bits per heavy atom. The summed E-state index contributed by atoms with van der Waals surface area (Å²) in [6.45, 7) is 1.79. The van der Waals surface area contributed by atoms with Crippen molar-refractivity contribution < 1.29 is 4.39 Å². The van der Waals surface area contributed by atoms with Crippen LogP contribution in [0.1, 0.15) is 11.1 Å². The van der Waals surface area contributed by atoms with E-state index < -0.39 is 11.2 Å². The molecule has 0 spiro atoms. The summed E-state index contributed by atoms with van der Waals surface area (Å²) in [7, 11) is 1.52. The highest BCUT2D eigenvalue weighted by molar-refractivity contribution is 5.32. The van der Waals surface area contributed by atoms with E-state index in [2.05, 4.69) is 0 Å². The summed E-state index contributed by atoms with van der Waals surface area (Å²) in [5.41, 5.74) is 5.94. The minimum absolute atomic E-state index is 0.00173. The molecule has 5 nitrogen and oxygen atoms in total. The van der Waals surface area contributed by atoms with Crippen LogP contribution in [-0.2, 0) is 13.6 Å². The lowest BCUT2D eigenvalue weighted by Crippen LogP contribution is -2.40. The molecule has 0 amide bonds. The fraction of sp³-hybridized carbons (Fsp3) is 0.231. The SMILES string of the molecule is Cc1cc(F)ccc1Cn1c(=O)c(N)cn(C)c1=O. The lowest BCUT2D eigenvalue weighted by molar-refractivity contribution is 0.619. The summed E-state index contributed by atoms with van der Waals surface area (Å²) in [4.78, 5) is 23.8. The van der Waals surface area contributed by atoms with Crippen molar-refractivity contribution in [3.05, 3.63) is 62.2 Å². The van der Waals surface area contributed by atoms with E-state index in [9.17, 15) is 14.0 Å². The van der Waals surface area contributed by atoms with Crippen LogP contribution in [0.2, 0.25) is 0 Å². The molecule has 2 aromatic rings. The maximum atomic E-state index is 13.0. The predicted octanol–water partition coefficient (Wildman–Crippen LogP) is 0.625. The molecule has 6 heteroatoms. The molecule has 0 atom stereocenters. The predicted molar refractivity (Wildman–Crippen MR) is 70.6 cm³/mol. The minimum atomic E-state index is -0.535. The molecular weight excluding hydrogens is 249 g/mol. The monoisotopic (exact) mass is 263 g/mol. The highest BCUT2D eigenvalue weighted by Gasteiger charge is 2.09. The number of rotatable bonds is 2. The molecule has 0 saturated carbocycles. The Bertz CT molecular complexity index is 712. The van der Waals surface area contributed by atoms with E-state index in [1.165, 1.54) is 29.9 Å². The van der Waals surface area contributed by atoms with Crippen molar-refractivity contribution in [2.45, 2.75) is 13.5 Å². The van der Waals surface area contributed by atoms with Gasteiger partial charge in [-0.05, 0) is 30.2 Å². The van der Waals surface area contributed by atoms with Gasteiger partial charge < -0.3 is 10.3 Å². The normalized spacial score (nSPS) is 10.7. The molecule has 0 unspecified atom stereocenters. The Balaban J connectivity index is 2.56. The van der Waals surface area contributed by atoms with E-state index in [0.717, 1.165) is 4.57 Å². The van der Waals surface area contributed by atoms with Crippen LogP contribution < -0.4 is 17.0 Å². The van der Waals surface area contributed by atoms with Gasteiger partial charge in [-0.15, -0.1) is 0 Å². The van der Waals surface area contributed by atoms with Crippen LogP contribution in [-0.4, -0.2) is 9.13 Å². The summed E-state index contributed by atoms with van der Waals surface area (Å²) in [5, 5.41) is 0. The van der Waals surface area contributed by atoms with E-state index in [4.69, 9.17) is 5.73 Å². The van der Waals surface area contributed by atoms with Crippen LogP contribution in [0.15, 0.2) is 34.0 Å². The number of aryl methyl sites for hydroxylation is 2. The zero-order valence-electron chi connectivity index (χ0n) is 10.7. The number of nitrogen functional groups attached to an aromatic ring is 1. The van der Waals surface area contributed by atoms with E-state index in [1.807, 2.05) is 0 Å². The molecular formula is C13H14FN3O2. The number of anilines is 1. The minimum Gasteiger partial charge on any atom is -0.393 e. The standard InChI is InChI=1S/C13H14FN3O2/c1-8-5-10(14)4-3-9(8)6-17-12(18)11(15)7-16(2)13(17)19/h3-5,7H,6,15H2,1-2H3. The average Bonchev–Trinajstić information content (AvgIpc) is 2.34. The molecule has 100 valence electrons. The highest BCUT2D eigenvalue weighted by Crippen LogP contribution is 2.10. The summed E-state index contributed by atoms with van der Waals surface area (Å²) in [5.74, 6) is -0.353. The Hall–Kier alpha value is -2.37. The van der Waals surface area contributed by atoms with Crippen LogP contribution in [0.3, 0.4) is 0 Å². The molecule has 0 aliphatic carbocycles. The number of aromatic nitrogens is 2. The second-order valence-corrected chi connectivity index (χ2v) is 4.44. The van der Waals surface area contributed by atoms with Crippen molar-refractivity contribution in [2.24, 2.45) is 7.05 Å². The first kappa shape index (κ1) is 13.1. The first-order valence-electron chi connectivity index (χ1n) is 5.71. The van der Waals surface area contributed by atoms with Gasteiger partial charge in [0.05, 0.1) is 6.54 Å². The lowest BCUT2D eigenvalue weighted by atomic mass is 10.1. The molecule has 0 saturated heterocycles. The highest BCUT2D eigenvalue weighted by atomic mass is 19.1. The topological polar surface area (TPSA) is 70.0 Å². The Labute approximate surface area is 108 Å². The van der Waals surface area contributed by atoms with Gasteiger partial charge in [-0.1, -0.05) is 6.07 Å². The molecule has 0 aliphatic rings. The summed E-state index contributed by atoms with van der Waals surface area (Å²) >= 11 is 0. The van der Waals surface area contributed by atoms with Gasteiger partial charge in [-0.3, -0.25) is 9.36 Å². The molecule has 0 bridgehead atoms. The van der Waals surface area contributed by atoms with Crippen LogP contribution >= 0.6 is 0 Å². The quantitative estimate of drug-likeness (QED) is 0.863. The van der Waals surface area contributed by atoms with Gasteiger partial charge in [-0.25, -0.2) is 9.18 Å². The molecule has 0 fully saturated rings. The summed E-state index contributed by atoms with van der Waals surface area (Å²) in [6.07, 6.45) is 1.29. The van der Waals surface area contributed by atoms with Crippen molar-refractivity contribution in [3.8, 4) is 0 Å².